The first-order valence-corrected chi connectivity index (χ1v) is 4.65. The zero-order chi connectivity index (χ0) is 9.52. The first-order chi connectivity index (χ1) is 6.33. The van der Waals surface area contributed by atoms with E-state index in [4.69, 9.17) is 5.73 Å². The van der Waals surface area contributed by atoms with Crippen LogP contribution in [-0.2, 0) is 6.54 Å². The quantitative estimate of drug-likeness (QED) is 0.658. The van der Waals surface area contributed by atoms with Crippen LogP contribution in [0.1, 0.15) is 17.7 Å². The Kier molecular flexibility index (Phi) is 4.43. The van der Waals surface area contributed by atoms with Crippen molar-refractivity contribution in [3.8, 4) is 0 Å². The molecular weight excluding hydrogens is 162 g/mol. The maximum absolute atomic E-state index is 5.38. The van der Waals surface area contributed by atoms with Gasteiger partial charge in [0.25, 0.3) is 0 Å². The molecule has 13 heavy (non-hydrogen) atoms. The number of rotatable bonds is 5. The summed E-state index contributed by atoms with van der Waals surface area (Å²) in [5, 5.41) is 3.29. The largest absolute Gasteiger partial charge is 0.330 e. The van der Waals surface area contributed by atoms with Gasteiger partial charge in [0.15, 0.2) is 0 Å². The molecule has 3 nitrogen and oxygen atoms in total. The molecule has 1 rings (SSSR count). The summed E-state index contributed by atoms with van der Waals surface area (Å²) < 4.78 is 0. The normalized spacial score (nSPS) is 10.3. The molecule has 0 atom stereocenters. The maximum atomic E-state index is 5.38. The van der Waals surface area contributed by atoms with Gasteiger partial charge in [-0.1, -0.05) is 0 Å². The summed E-state index contributed by atoms with van der Waals surface area (Å²) in [5.74, 6) is 0. The highest BCUT2D eigenvalue weighted by molar-refractivity contribution is 5.14. The average molecular weight is 179 g/mol. The van der Waals surface area contributed by atoms with Crippen molar-refractivity contribution in [2.75, 3.05) is 13.1 Å². The molecule has 0 amide bonds. The van der Waals surface area contributed by atoms with E-state index in [9.17, 15) is 0 Å². The summed E-state index contributed by atoms with van der Waals surface area (Å²) in [5.41, 5.74) is 7.73. The van der Waals surface area contributed by atoms with Gasteiger partial charge in [-0.3, -0.25) is 4.98 Å². The van der Waals surface area contributed by atoms with Crippen molar-refractivity contribution >= 4 is 0 Å². The van der Waals surface area contributed by atoms with E-state index in [-0.39, 0.29) is 0 Å². The molecule has 0 saturated heterocycles. The molecule has 0 radical (unpaired) electrons. The number of nitrogens with one attached hydrogen (secondary N) is 1. The Bertz CT molecular complexity index is 248. The second-order valence-corrected chi connectivity index (χ2v) is 3.14. The van der Waals surface area contributed by atoms with Crippen molar-refractivity contribution in [3.05, 3.63) is 29.6 Å². The molecule has 0 bridgehead atoms. The highest BCUT2D eigenvalue weighted by Gasteiger charge is 1.93. The van der Waals surface area contributed by atoms with E-state index in [1.54, 1.807) is 0 Å². The molecule has 3 N–H and O–H groups in total. The lowest BCUT2D eigenvalue weighted by molar-refractivity contribution is 0.646. The Morgan fingerprint density at radius 3 is 3.08 bits per heavy atom. The molecule has 72 valence electrons. The molecule has 0 aromatic carbocycles. The van der Waals surface area contributed by atoms with Gasteiger partial charge in [0, 0.05) is 12.7 Å². The van der Waals surface area contributed by atoms with Crippen LogP contribution in [0.3, 0.4) is 0 Å². The molecular formula is C10H17N3. The van der Waals surface area contributed by atoms with Crippen molar-refractivity contribution in [1.82, 2.24) is 10.3 Å². The van der Waals surface area contributed by atoms with Crippen LogP contribution in [0.25, 0.3) is 0 Å². The summed E-state index contributed by atoms with van der Waals surface area (Å²) in [6.07, 6.45) is 2.86. The Morgan fingerprint density at radius 1 is 1.54 bits per heavy atom. The molecule has 0 aliphatic rings. The minimum atomic E-state index is 0.744. The van der Waals surface area contributed by atoms with Crippen molar-refractivity contribution in [2.24, 2.45) is 5.73 Å². The number of aromatic nitrogens is 1. The minimum Gasteiger partial charge on any atom is -0.330 e. The highest BCUT2D eigenvalue weighted by atomic mass is 14.9. The second-order valence-electron chi connectivity index (χ2n) is 3.14. The monoisotopic (exact) mass is 179 g/mol. The summed E-state index contributed by atoms with van der Waals surface area (Å²) in [7, 11) is 0. The maximum Gasteiger partial charge on any atom is 0.0544 e. The van der Waals surface area contributed by atoms with E-state index >= 15 is 0 Å². The summed E-state index contributed by atoms with van der Waals surface area (Å²) in [4.78, 5) is 4.24. The van der Waals surface area contributed by atoms with Gasteiger partial charge >= 0.3 is 0 Å². The molecule has 0 fully saturated rings. The number of pyridine rings is 1. The zero-order valence-electron chi connectivity index (χ0n) is 8.09. The first kappa shape index (κ1) is 10.2. The van der Waals surface area contributed by atoms with Crippen LogP contribution in [-0.4, -0.2) is 18.1 Å². The lowest BCUT2D eigenvalue weighted by atomic mass is 10.2. The van der Waals surface area contributed by atoms with E-state index in [2.05, 4.69) is 23.3 Å². The van der Waals surface area contributed by atoms with Crippen LogP contribution < -0.4 is 11.1 Å². The number of nitrogens with zero attached hydrogens (tertiary/aromatic N) is 1. The Balaban J connectivity index is 2.28. The third-order valence-corrected chi connectivity index (χ3v) is 1.84. The van der Waals surface area contributed by atoms with Crippen molar-refractivity contribution in [1.29, 1.82) is 0 Å². The smallest absolute Gasteiger partial charge is 0.0544 e. The second kappa shape index (κ2) is 5.67. The van der Waals surface area contributed by atoms with Gasteiger partial charge in [-0.05, 0) is 44.1 Å². The van der Waals surface area contributed by atoms with Crippen LogP contribution in [0.2, 0.25) is 0 Å². The third-order valence-electron chi connectivity index (χ3n) is 1.84. The van der Waals surface area contributed by atoms with Gasteiger partial charge in [-0.2, -0.15) is 0 Å². The van der Waals surface area contributed by atoms with Crippen molar-refractivity contribution in [2.45, 2.75) is 19.9 Å². The zero-order valence-corrected chi connectivity index (χ0v) is 8.09. The van der Waals surface area contributed by atoms with Crippen LogP contribution in [0.5, 0.6) is 0 Å². The summed E-state index contributed by atoms with van der Waals surface area (Å²) in [6, 6.07) is 4.10. The van der Waals surface area contributed by atoms with Gasteiger partial charge in [0.2, 0.25) is 0 Å². The van der Waals surface area contributed by atoms with Gasteiger partial charge < -0.3 is 11.1 Å². The lowest BCUT2D eigenvalue weighted by Gasteiger charge is -2.03. The molecule has 0 aliphatic heterocycles. The predicted molar refractivity (Wildman–Crippen MR) is 54.4 cm³/mol. The van der Waals surface area contributed by atoms with Crippen LogP contribution >= 0.6 is 0 Å². The fourth-order valence-electron chi connectivity index (χ4n) is 1.14. The minimum absolute atomic E-state index is 0.744. The van der Waals surface area contributed by atoms with E-state index in [0.717, 1.165) is 31.7 Å². The molecule has 1 aromatic rings. The van der Waals surface area contributed by atoms with Crippen LogP contribution in [0, 0.1) is 6.92 Å². The SMILES string of the molecule is Cc1ccnc(CNCCCN)c1. The van der Waals surface area contributed by atoms with Gasteiger partial charge in [0.1, 0.15) is 0 Å². The van der Waals surface area contributed by atoms with Crippen LogP contribution in [0.4, 0.5) is 0 Å². The Morgan fingerprint density at radius 2 is 2.38 bits per heavy atom. The molecule has 0 unspecified atom stereocenters. The number of aryl methyl sites for hydroxylation is 1. The van der Waals surface area contributed by atoms with E-state index in [1.165, 1.54) is 5.56 Å². The number of hydrogen-bond donors (Lipinski definition) is 2. The topological polar surface area (TPSA) is 50.9 Å². The molecule has 0 saturated carbocycles. The van der Waals surface area contributed by atoms with Gasteiger partial charge in [0.05, 0.1) is 5.69 Å². The molecule has 3 heteroatoms. The third kappa shape index (κ3) is 4.01. The van der Waals surface area contributed by atoms with E-state index < -0.39 is 0 Å². The Labute approximate surface area is 79.4 Å². The first-order valence-electron chi connectivity index (χ1n) is 4.65. The standard InChI is InChI=1S/C10H17N3/c1-9-3-6-13-10(7-9)8-12-5-2-4-11/h3,6-7,12H,2,4-5,8,11H2,1H3. The van der Waals surface area contributed by atoms with Gasteiger partial charge in [-0.25, -0.2) is 0 Å². The van der Waals surface area contributed by atoms with Gasteiger partial charge in [-0.15, -0.1) is 0 Å². The Hall–Kier alpha value is -0.930. The number of hydrogen-bond acceptors (Lipinski definition) is 3. The molecule has 1 heterocycles. The van der Waals surface area contributed by atoms with E-state index in [1.807, 2.05) is 12.3 Å². The highest BCUT2D eigenvalue weighted by Crippen LogP contribution is 1.98. The summed E-state index contributed by atoms with van der Waals surface area (Å²) >= 11 is 0. The predicted octanol–water partition coefficient (Wildman–Crippen LogP) is 0.828. The average Bonchev–Trinajstić information content (AvgIpc) is 2.13. The van der Waals surface area contributed by atoms with Crippen LogP contribution in [0.15, 0.2) is 18.3 Å². The molecule has 1 aromatic heterocycles. The fourth-order valence-corrected chi connectivity index (χ4v) is 1.14. The van der Waals surface area contributed by atoms with Crippen molar-refractivity contribution < 1.29 is 0 Å². The summed E-state index contributed by atoms with van der Waals surface area (Å²) in [6.45, 7) is 4.62. The van der Waals surface area contributed by atoms with Crippen molar-refractivity contribution in [3.63, 3.8) is 0 Å². The number of nitrogens with two attached hydrogens (primary N) is 1. The molecule has 0 aliphatic carbocycles. The van der Waals surface area contributed by atoms with E-state index in [0.29, 0.717) is 0 Å². The molecule has 0 spiro atoms. The lowest BCUT2D eigenvalue weighted by Crippen LogP contribution is -2.18. The fraction of sp³-hybridized carbons (Fsp3) is 0.500.